The number of amidine groups is 1. The second-order valence-corrected chi connectivity index (χ2v) is 9.50. The number of anilines is 1. The summed E-state index contributed by atoms with van der Waals surface area (Å²) in [5.41, 5.74) is 0.837. The number of rotatable bonds is 5. The first-order valence-corrected chi connectivity index (χ1v) is 11.1. The highest BCUT2D eigenvalue weighted by molar-refractivity contribution is 8.16. The molecule has 2 unspecified atom stereocenters. The summed E-state index contributed by atoms with van der Waals surface area (Å²) >= 11 is 1.40. The number of amides is 1. The molecule has 2 atom stereocenters. The predicted molar refractivity (Wildman–Crippen MR) is 101 cm³/mol. The van der Waals surface area contributed by atoms with Gasteiger partial charge in [-0.25, -0.2) is 8.42 Å². The number of sulfone groups is 1. The highest BCUT2D eigenvalue weighted by Crippen LogP contribution is 2.41. The zero-order chi connectivity index (χ0) is 18.0. The van der Waals surface area contributed by atoms with E-state index in [4.69, 9.17) is 4.74 Å². The molecule has 2 aliphatic rings. The number of nitrogens with zero attached hydrogens (tertiary/aromatic N) is 2. The van der Waals surface area contributed by atoms with Crippen molar-refractivity contribution in [1.29, 1.82) is 0 Å². The average Bonchev–Trinajstić information content (AvgIpc) is 3.00. The first-order chi connectivity index (χ1) is 11.9. The fourth-order valence-corrected chi connectivity index (χ4v) is 7.04. The van der Waals surface area contributed by atoms with Crippen molar-refractivity contribution in [3.8, 4) is 5.75 Å². The zero-order valence-corrected chi connectivity index (χ0v) is 16.0. The molecule has 0 aliphatic carbocycles. The summed E-state index contributed by atoms with van der Waals surface area (Å²) in [7, 11) is -3.05. The van der Waals surface area contributed by atoms with Crippen LogP contribution in [0.2, 0.25) is 0 Å². The standard InChI is InChI=1S/C17H22N2O4S2/c1-3-5-16(20)18-17-19(12-6-8-13(9-7-12)23-4-2)14-10-25(21,22)11-15(14)24-17/h6-9,14-15H,3-5,10-11H2,1-2H3. The minimum absolute atomic E-state index is 0.0789. The minimum atomic E-state index is -3.05. The first kappa shape index (κ1) is 18.3. The Labute approximate surface area is 152 Å². The summed E-state index contributed by atoms with van der Waals surface area (Å²) in [6.07, 6.45) is 1.14. The Morgan fingerprint density at radius 2 is 2.00 bits per heavy atom. The van der Waals surface area contributed by atoms with Gasteiger partial charge < -0.3 is 9.64 Å². The maximum absolute atomic E-state index is 12.0. The molecule has 0 saturated carbocycles. The van der Waals surface area contributed by atoms with Crippen molar-refractivity contribution in [2.75, 3.05) is 23.0 Å². The Kier molecular flexibility index (Phi) is 5.38. The number of hydrogen-bond acceptors (Lipinski definition) is 5. The number of hydrogen-bond donors (Lipinski definition) is 0. The molecule has 6 nitrogen and oxygen atoms in total. The molecule has 8 heteroatoms. The highest BCUT2D eigenvalue weighted by Gasteiger charge is 2.49. The Bertz CT molecular complexity index is 774. The summed E-state index contributed by atoms with van der Waals surface area (Å²) in [5.74, 6) is 0.827. The third-order valence-corrected chi connectivity index (χ3v) is 7.39. The molecule has 1 amide bonds. The van der Waals surface area contributed by atoms with Crippen LogP contribution in [0.3, 0.4) is 0 Å². The van der Waals surface area contributed by atoms with Gasteiger partial charge >= 0.3 is 0 Å². The van der Waals surface area contributed by atoms with Crippen LogP contribution < -0.4 is 9.64 Å². The second-order valence-electron chi connectivity index (χ2n) is 6.14. The fraction of sp³-hybridized carbons (Fsp3) is 0.529. The van der Waals surface area contributed by atoms with Gasteiger partial charge in [0.1, 0.15) is 5.75 Å². The minimum Gasteiger partial charge on any atom is -0.494 e. The van der Waals surface area contributed by atoms with E-state index in [2.05, 4.69) is 4.99 Å². The van der Waals surface area contributed by atoms with Crippen molar-refractivity contribution in [3.63, 3.8) is 0 Å². The van der Waals surface area contributed by atoms with Crippen LogP contribution in [0, 0.1) is 0 Å². The molecule has 1 aromatic rings. The molecule has 25 heavy (non-hydrogen) atoms. The summed E-state index contributed by atoms with van der Waals surface area (Å²) < 4.78 is 29.5. The molecule has 3 rings (SSSR count). The van der Waals surface area contributed by atoms with Gasteiger partial charge in [-0.1, -0.05) is 18.7 Å². The predicted octanol–water partition coefficient (Wildman–Crippen LogP) is 2.49. The van der Waals surface area contributed by atoms with Crippen LogP contribution in [0.1, 0.15) is 26.7 Å². The number of aliphatic imine (C=N–C) groups is 1. The van der Waals surface area contributed by atoms with Gasteiger partial charge in [0.2, 0.25) is 5.91 Å². The molecular formula is C17H22N2O4S2. The van der Waals surface area contributed by atoms with Gasteiger partial charge in [-0.05, 0) is 37.6 Å². The van der Waals surface area contributed by atoms with Gasteiger partial charge in [-0.2, -0.15) is 4.99 Å². The number of ether oxygens (including phenoxy) is 1. The molecule has 2 aliphatic heterocycles. The normalized spacial score (nSPS) is 26.0. The molecule has 0 spiro atoms. The van der Waals surface area contributed by atoms with Crippen molar-refractivity contribution in [2.45, 2.75) is 38.0 Å². The number of carbonyl (C=O) groups is 1. The fourth-order valence-electron chi connectivity index (χ4n) is 3.11. The third-order valence-electron chi connectivity index (χ3n) is 4.18. The van der Waals surface area contributed by atoms with Crippen molar-refractivity contribution in [2.24, 2.45) is 4.99 Å². The second kappa shape index (κ2) is 7.37. The lowest BCUT2D eigenvalue weighted by Gasteiger charge is -2.24. The lowest BCUT2D eigenvalue weighted by Crippen LogP contribution is -2.37. The quantitative estimate of drug-likeness (QED) is 0.779. The van der Waals surface area contributed by atoms with E-state index in [1.54, 1.807) is 0 Å². The SMILES string of the molecule is CCCC(=O)N=C1SC2CS(=O)(=O)CC2N1c1ccc(OCC)cc1. The highest BCUT2D eigenvalue weighted by atomic mass is 32.2. The Morgan fingerprint density at radius 3 is 2.64 bits per heavy atom. The number of thioether (sulfide) groups is 1. The van der Waals surface area contributed by atoms with Gasteiger partial charge in [-0.15, -0.1) is 0 Å². The van der Waals surface area contributed by atoms with Crippen LogP contribution in [0.15, 0.2) is 29.3 Å². The number of carbonyl (C=O) groups excluding carboxylic acids is 1. The lowest BCUT2D eigenvalue weighted by atomic mass is 10.2. The van der Waals surface area contributed by atoms with E-state index >= 15 is 0 Å². The van der Waals surface area contributed by atoms with E-state index in [1.807, 2.05) is 43.0 Å². The van der Waals surface area contributed by atoms with E-state index in [-0.39, 0.29) is 28.7 Å². The zero-order valence-electron chi connectivity index (χ0n) is 14.3. The molecule has 0 aromatic heterocycles. The summed E-state index contributed by atoms with van der Waals surface area (Å²) in [4.78, 5) is 18.2. The van der Waals surface area contributed by atoms with E-state index in [1.165, 1.54) is 11.8 Å². The van der Waals surface area contributed by atoms with Crippen molar-refractivity contribution in [1.82, 2.24) is 0 Å². The molecule has 1 aromatic carbocycles. The average molecular weight is 383 g/mol. The van der Waals surface area contributed by atoms with Crippen LogP contribution in [0.5, 0.6) is 5.75 Å². The summed E-state index contributed by atoms with van der Waals surface area (Å²) in [6, 6.07) is 7.30. The molecule has 0 radical (unpaired) electrons. The molecule has 0 bridgehead atoms. The van der Waals surface area contributed by atoms with Gasteiger partial charge in [0.05, 0.1) is 24.2 Å². The molecule has 2 fully saturated rings. The summed E-state index contributed by atoms with van der Waals surface area (Å²) in [5, 5.41) is 0.525. The number of benzene rings is 1. The van der Waals surface area contributed by atoms with E-state index < -0.39 is 9.84 Å². The lowest BCUT2D eigenvalue weighted by molar-refractivity contribution is -0.117. The Morgan fingerprint density at radius 1 is 1.28 bits per heavy atom. The number of fused-ring (bicyclic) bond motifs is 1. The van der Waals surface area contributed by atoms with Gasteiger partial charge in [0, 0.05) is 17.4 Å². The first-order valence-electron chi connectivity index (χ1n) is 8.44. The van der Waals surface area contributed by atoms with Crippen molar-refractivity contribution >= 4 is 38.4 Å². The van der Waals surface area contributed by atoms with Crippen LogP contribution in [0.4, 0.5) is 5.69 Å². The smallest absolute Gasteiger partial charge is 0.248 e. The third kappa shape index (κ3) is 4.00. The van der Waals surface area contributed by atoms with E-state index in [0.717, 1.165) is 17.9 Å². The van der Waals surface area contributed by atoms with Crippen LogP contribution in [-0.2, 0) is 14.6 Å². The van der Waals surface area contributed by atoms with Crippen LogP contribution in [-0.4, -0.2) is 48.9 Å². The topological polar surface area (TPSA) is 76.0 Å². The van der Waals surface area contributed by atoms with Crippen LogP contribution in [0.25, 0.3) is 0 Å². The maximum atomic E-state index is 12.0. The molecule has 136 valence electrons. The van der Waals surface area contributed by atoms with Crippen LogP contribution >= 0.6 is 11.8 Å². The molecular weight excluding hydrogens is 360 g/mol. The molecule has 2 heterocycles. The van der Waals surface area contributed by atoms with Gasteiger partial charge in [0.15, 0.2) is 15.0 Å². The molecule has 2 saturated heterocycles. The monoisotopic (exact) mass is 382 g/mol. The summed E-state index contributed by atoms with van der Waals surface area (Å²) in [6.45, 7) is 4.44. The van der Waals surface area contributed by atoms with Gasteiger partial charge in [-0.3, -0.25) is 4.79 Å². The van der Waals surface area contributed by atoms with E-state index in [0.29, 0.717) is 18.2 Å². The maximum Gasteiger partial charge on any atom is 0.248 e. The van der Waals surface area contributed by atoms with Crippen molar-refractivity contribution in [3.05, 3.63) is 24.3 Å². The Hall–Kier alpha value is -1.54. The van der Waals surface area contributed by atoms with Crippen molar-refractivity contribution < 1.29 is 17.9 Å². The Balaban J connectivity index is 1.93. The molecule has 0 N–H and O–H groups in total. The van der Waals surface area contributed by atoms with Gasteiger partial charge in [0.25, 0.3) is 0 Å². The van der Waals surface area contributed by atoms with E-state index in [9.17, 15) is 13.2 Å². The largest absolute Gasteiger partial charge is 0.494 e.